The van der Waals surface area contributed by atoms with Crippen molar-refractivity contribution in [2.24, 2.45) is 0 Å². The molecular formula is C68H17N. The monoisotopic (exact) mass is 847 g/mol. The highest BCUT2D eigenvalue weighted by molar-refractivity contribution is 6.82. The predicted molar refractivity (Wildman–Crippen MR) is 294 cm³/mol. The second-order valence-electron chi connectivity index (χ2n) is 26.2. The highest BCUT2D eigenvalue weighted by atomic mass is 15.0. The lowest BCUT2D eigenvalue weighted by atomic mass is 9.48. The van der Waals surface area contributed by atoms with E-state index in [4.69, 9.17) is 5.32 Å². The molecule has 1 nitrogen and oxygen atoms in total. The number of hydrogen-bond acceptors (Lipinski definition) is 1. The first-order valence-electron chi connectivity index (χ1n) is 26.9. The van der Waals surface area contributed by atoms with Gasteiger partial charge in [-0.2, -0.15) is 0 Å². The van der Waals surface area contributed by atoms with E-state index >= 15 is 0 Å². The summed E-state index contributed by atoms with van der Waals surface area (Å²) in [6.45, 7) is 3.48. The average molecular weight is 848 g/mol. The molecule has 5 aliphatic rings. The maximum atomic E-state index is 4.71. The third-order valence-corrected chi connectivity index (χ3v) is 26.0. The van der Waals surface area contributed by atoms with Gasteiger partial charge in [-0.3, -0.25) is 0 Å². The summed E-state index contributed by atoms with van der Waals surface area (Å²) in [6.07, 6.45) is 6.55. The number of nitrogens with one attached hydrogen (secondary N) is 1. The van der Waals surface area contributed by atoms with Crippen LogP contribution in [-0.4, -0.2) is 12.6 Å². The van der Waals surface area contributed by atoms with Gasteiger partial charge in [-0.1, -0.05) is 32.6 Å². The first-order valence-corrected chi connectivity index (χ1v) is 26.9. The lowest BCUT2D eigenvalue weighted by molar-refractivity contribution is 0.335. The molecule has 0 aromatic heterocycles. The zero-order valence-corrected chi connectivity index (χ0v) is 36.3. The van der Waals surface area contributed by atoms with Crippen LogP contribution in [0.4, 0.5) is 0 Å². The third-order valence-electron chi connectivity index (χ3n) is 26.0. The Morgan fingerprint density at radius 3 is 0.681 bits per heavy atom. The van der Waals surface area contributed by atoms with Crippen molar-refractivity contribution >= 4 is 291 Å². The molecule has 1 heterocycles. The summed E-state index contributed by atoms with van der Waals surface area (Å²) < 4.78 is 0. The van der Waals surface area contributed by atoms with Crippen LogP contribution in [0.1, 0.15) is 61.3 Å². The van der Waals surface area contributed by atoms with Gasteiger partial charge in [-0.25, -0.2) is 0 Å². The molecule has 2 spiro atoms. The quantitative estimate of drug-likeness (QED) is 0.134. The minimum atomic E-state index is -0.148. The van der Waals surface area contributed by atoms with Crippen molar-refractivity contribution in [1.82, 2.24) is 5.32 Å². The van der Waals surface area contributed by atoms with E-state index in [0.29, 0.717) is 6.04 Å². The van der Waals surface area contributed by atoms with Crippen LogP contribution >= 0.6 is 0 Å². The van der Waals surface area contributed by atoms with Gasteiger partial charge in [0.2, 0.25) is 0 Å². The maximum Gasteiger partial charge on any atom is 0.0531 e. The lowest BCUT2D eigenvalue weighted by Crippen LogP contribution is -2.54. The largest absolute Gasteiger partial charge is 0.311 e. The molecular weight excluding hydrogens is 831 g/mol. The Labute approximate surface area is 378 Å². The van der Waals surface area contributed by atoms with Crippen LogP contribution in [0.3, 0.4) is 0 Å². The van der Waals surface area contributed by atoms with Crippen LogP contribution in [0, 0.1) is 0 Å². The molecule has 0 amide bonds. The second-order valence-corrected chi connectivity index (χ2v) is 26.2. The molecule has 28 aromatic rings. The summed E-state index contributed by atoms with van der Waals surface area (Å²) in [5, 5.41) is 96.6. The average Bonchev–Trinajstić information content (AvgIpc) is 4.27. The highest BCUT2D eigenvalue weighted by Gasteiger charge is 2.74. The topological polar surface area (TPSA) is 12.0 Å². The number of unbranched alkanes of at least 4 members (excludes halogenated alkanes) is 3. The summed E-state index contributed by atoms with van der Waals surface area (Å²) >= 11 is 0. The molecule has 69 heavy (non-hydrogen) atoms. The first kappa shape index (κ1) is 26.3. The van der Waals surface area contributed by atoms with E-state index in [9.17, 15) is 0 Å². The Morgan fingerprint density at radius 2 is 0.464 bits per heavy atom. The van der Waals surface area contributed by atoms with Crippen molar-refractivity contribution < 1.29 is 0 Å². The fourth-order valence-electron chi connectivity index (χ4n) is 25.9. The summed E-state index contributed by atoms with van der Waals surface area (Å²) in [5.74, 6) is 0. The Kier molecular flexibility index (Phi) is 2.29. The molecule has 0 saturated carbocycles. The van der Waals surface area contributed by atoms with Crippen molar-refractivity contribution in [1.29, 1.82) is 0 Å². The van der Waals surface area contributed by atoms with Crippen molar-refractivity contribution in [3.63, 3.8) is 0 Å². The molecule has 4 aliphatic carbocycles. The zero-order chi connectivity index (χ0) is 41.0. The van der Waals surface area contributed by atoms with E-state index in [-0.39, 0.29) is 10.8 Å². The van der Waals surface area contributed by atoms with E-state index in [2.05, 4.69) is 6.92 Å². The lowest BCUT2D eigenvalue weighted by Gasteiger charge is -2.52. The SMILES string of the molecule is CCCCCCC1NCC23c4c5c6c7c8c9c(c%10c%11c2c2c4c4c%12c5c5c6c6c8c8c%13c9c9c%10c%10c%11c%11c2c2c4c4c%12c%12c5c5c6c8c6c8c%13c9c9c%10c%10c%11c2c2c4c4c%12c5c6c5c8c9c%10c2c45)C713. The summed E-state index contributed by atoms with van der Waals surface area (Å²) in [5.41, 5.74) is 7.02. The number of hydrogen-bond donors (Lipinski definition) is 1. The Hall–Kier alpha value is -7.58. The Balaban J connectivity index is 1.17. The van der Waals surface area contributed by atoms with Gasteiger partial charge in [0.25, 0.3) is 0 Å². The Morgan fingerprint density at radius 1 is 0.261 bits per heavy atom. The van der Waals surface area contributed by atoms with Gasteiger partial charge in [-0.15, -0.1) is 0 Å². The minimum Gasteiger partial charge on any atom is -0.311 e. The van der Waals surface area contributed by atoms with Crippen LogP contribution in [0.2, 0.25) is 0 Å². The summed E-state index contributed by atoms with van der Waals surface area (Å²) in [4.78, 5) is 0. The second kappa shape index (κ2) is 6.01. The van der Waals surface area contributed by atoms with E-state index in [1.54, 1.807) is 291 Å². The van der Waals surface area contributed by atoms with Gasteiger partial charge >= 0.3 is 0 Å². The fraction of sp³-hybridized carbons (Fsp3) is 0.147. The molecule has 28 aromatic carbocycles. The molecule has 1 fully saturated rings. The predicted octanol–water partition coefficient (Wildman–Crippen LogP) is 18.2. The van der Waals surface area contributed by atoms with Crippen LogP contribution in [0.5, 0.6) is 0 Å². The molecule has 1 atom stereocenters. The van der Waals surface area contributed by atoms with Gasteiger partial charge in [0, 0.05) is 12.6 Å². The molecule has 1 N–H and O–H groups in total. The molecule has 0 radical (unpaired) electrons. The standard InChI is InChI=1S/C68H17N/c1-2-3-4-5-6-8-68-65-59-53-43-31-23-15-11-9-10-13-17(15)25(31)35-29-21(13)22-14(10)18-16-12(9)20-19(11)27-33(23)41-47-37(27)38-28(20)34-24(16)32-26(18)36-30(22)40-39(29)51(45(35)53)61(65)62-52(40)46(36)54-44(32)50-42(34)48(38)56-55(47)63(57(59)49(41)43)67(68,7-69-8)64(56)58(50)60(54)66(62)68/h8,69H,2-7H2,1H3. The zero-order valence-electron chi connectivity index (χ0n) is 36.3. The first-order chi connectivity index (χ1) is 34.4. The van der Waals surface area contributed by atoms with E-state index in [1.165, 1.54) is 32.1 Å². The van der Waals surface area contributed by atoms with Gasteiger partial charge in [-0.05, 0) is 320 Å². The molecule has 0 bridgehead atoms. The third kappa shape index (κ3) is 1.40. The Bertz CT molecular complexity index is 6880. The van der Waals surface area contributed by atoms with Crippen molar-refractivity contribution in [2.45, 2.75) is 55.9 Å². The maximum absolute atomic E-state index is 4.71. The number of rotatable bonds is 5. The van der Waals surface area contributed by atoms with E-state index in [0.717, 1.165) is 6.54 Å². The highest BCUT2D eigenvalue weighted by Crippen LogP contribution is 2.85. The van der Waals surface area contributed by atoms with Crippen molar-refractivity contribution in [2.75, 3.05) is 6.54 Å². The van der Waals surface area contributed by atoms with E-state index < -0.39 is 0 Å². The number of benzene rings is 18. The van der Waals surface area contributed by atoms with Crippen LogP contribution < -0.4 is 5.32 Å². The van der Waals surface area contributed by atoms with Gasteiger partial charge in [0.1, 0.15) is 0 Å². The van der Waals surface area contributed by atoms with E-state index in [1.807, 2.05) is 22.3 Å². The molecule has 33 rings (SSSR count). The van der Waals surface area contributed by atoms with Crippen LogP contribution in [-0.2, 0) is 10.8 Å². The normalized spacial score (nSPS) is 23.9. The van der Waals surface area contributed by atoms with Crippen molar-refractivity contribution in [3.8, 4) is 0 Å². The van der Waals surface area contributed by atoms with Crippen LogP contribution in [0.25, 0.3) is 291 Å². The summed E-state index contributed by atoms with van der Waals surface area (Å²) in [6, 6.07) is 0.394. The van der Waals surface area contributed by atoms with Crippen molar-refractivity contribution in [3.05, 3.63) is 22.3 Å². The molecule has 1 heteroatoms. The van der Waals surface area contributed by atoms with Gasteiger partial charge < -0.3 is 5.32 Å². The van der Waals surface area contributed by atoms with Crippen LogP contribution in [0.15, 0.2) is 0 Å². The fourth-order valence-corrected chi connectivity index (χ4v) is 25.9. The summed E-state index contributed by atoms with van der Waals surface area (Å²) in [7, 11) is 0. The van der Waals surface area contributed by atoms with Gasteiger partial charge in [0.15, 0.2) is 0 Å². The minimum absolute atomic E-state index is 0.145. The smallest absolute Gasteiger partial charge is 0.0531 e. The molecule has 1 saturated heterocycles. The molecule has 1 unspecified atom stereocenters. The van der Waals surface area contributed by atoms with Gasteiger partial charge in [0.05, 0.1) is 10.8 Å². The molecule has 1 aliphatic heterocycles. The molecule has 294 valence electrons.